The molecule has 0 aliphatic heterocycles. The maximum Gasteiger partial charge on any atom is 0.0743 e. The first kappa shape index (κ1) is 9.77. The molecule has 1 aromatic heterocycles. The molecule has 1 aromatic carbocycles. The van der Waals surface area contributed by atoms with E-state index in [2.05, 4.69) is 24.1 Å². The van der Waals surface area contributed by atoms with Crippen molar-refractivity contribution in [2.45, 2.75) is 19.9 Å². The molecule has 0 saturated carbocycles. The largest absolute Gasteiger partial charge is 0.399 e. The number of nitrogens with one attached hydrogen (secondary N) is 1. The first-order valence-electron chi connectivity index (χ1n) is 5.07. The molecule has 0 fully saturated rings. The summed E-state index contributed by atoms with van der Waals surface area (Å²) in [6.07, 6.45) is 1.80. The number of rotatable bonds is 2. The number of anilines is 2. The molecule has 0 aliphatic carbocycles. The van der Waals surface area contributed by atoms with Crippen molar-refractivity contribution in [3.8, 4) is 0 Å². The number of nitrogens with two attached hydrogens (primary N) is 1. The predicted octanol–water partition coefficient (Wildman–Crippen LogP) is 2.64. The maximum absolute atomic E-state index is 5.71. The Morgan fingerprint density at radius 2 is 2.07 bits per heavy atom. The lowest BCUT2D eigenvalue weighted by molar-refractivity contribution is 0.901. The number of fused-ring (bicyclic) bond motifs is 1. The third-order valence-electron chi connectivity index (χ3n) is 2.21. The van der Waals surface area contributed by atoms with Gasteiger partial charge in [0, 0.05) is 29.0 Å². The molecular formula is C12H15N3. The fraction of sp³-hybridized carbons (Fsp3) is 0.250. The maximum atomic E-state index is 5.71. The van der Waals surface area contributed by atoms with E-state index in [0.29, 0.717) is 6.04 Å². The monoisotopic (exact) mass is 201 g/mol. The van der Waals surface area contributed by atoms with E-state index >= 15 is 0 Å². The quantitative estimate of drug-likeness (QED) is 0.734. The van der Waals surface area contributed by atoms with Gasteiger partial charge in [0.1, 0.15) is 0 Å². The van der Waals surface area contributed by atoms with Crippen LogP contribution in [0.25, 0.3) is 10.9 Å². The van der Waals surface area contributed by atoms with E-state index in [9.17, 15) is 0 Å². The summed E-state index contributed by atoms with van der Waals surface area (Å²) >= 11 is 0. The summed E-state index contributed by atoms with van der Waals surface area (Å²) in [5.74, 6) is 0. The number of hydrogen-bond acceptors (Lipinski definition) is 3. The zero-order valence-corrected chi connectivity index (χ0v) is 8.99. The van der Waals surface area contributed by atoms with Gasteiger partial charge < -0.3 is 11.1 Å². The van der Waals surface area contributed by atoms with Crippen LogP contribution in [0.1, 0.15) is 13.8 Å². The highest BCUT2D eigenvalue weighted by atomic mass is 14.9. The number of benzene rings is 1. The highest BCUT2D eigenvalue weighted by Gasteiger charge is 2.02. The summed E-state index contributed by atoms with van der Waals surface area (Å²) < 4.78 is 0. The standard InChI is InChI=1S/C12H15N3/c1-8(2)15-11-5-6-14-12-7-9(13)3-4-10(11)12/h3-8H,13H2,1-2H3,(H,14,15). The molecule has 2 rings (SSSR count). The van der Waals surface area contributed by atoms with Gasteiger partial charge in [0.15, 0.2) is 0 Å². The Hall–Kier alpha value is -1.77. The summed E-state index contributed by atoms with van der Waals surface area (Å²) in [7, 11) is 0. The SMILES string of the molecule is CC(C)Nc1ccnc2cc(N)ccc12. The van der Waals surface area contributed by atoms with E-state index in [1.54, 1.807) is 6.20 Å². The van der Waals surface area contributed by atoms with Gasteiger partial charge in [0.2, 0.25) is 0 Å². The van der Waals surface area contributed by atoms with Crippen LogP contribution < -0.4 is 11.1 Å². The lowest BCUT2D eigenvalue weighted by atomic mass is 10.1. The van der Waals surface area contributed by atoms with Gasteiger partial charge in [0.05, 0.1) is 5.52 Å². The number of nitrogens with zero attached hydrogens (tertiary/aromatic N) is 1. The van der Waals surface area contributed by atoms with Crippen molar-refractivity contribution in [3.63, 3.8) is 0 Å². The molecule has 0 bridgehead atoms. The second-order valence-electron chi connectivity index (χ2n) is 3.93. The van der Waals surface area contributed by atoms with Crippen molar-refractivity contribution in [1.82, 2.24) is 4.98 Å². The zero-order chi connectivity index (χ0) is 10.8. The molecular weight excluding hydrogens is 186 g/mol. The normalized spacial score (nSPS) is 10.9. The molecule has 15 heavy (non-hydrogen) atoms. The fourth-order valence-electron chi connectivity index (χ4n) is 1.60. The van der Waals surface area contributed by atoms with Crippen molar-refractivity contribution < 1.29 is 0 Å². The number of hydrogen-bond donors (Lipinski definition) is 2. The summed E-state index contributed by atoms with van der Waals surface area (Å²) in [6.45, 7) is 4.23. The minimum Gasteiger partial charge on any atom is -0.399 e. The molecule has 3 heteroatoms. The summed E-state index contributed by atoms with van der Waals surface area (Å²) in [5.41, 5.74) is 8.50. The van der Waals surface area contributed by atoms with Crippen LogP contribution in [0, 0.1) is 0 Å². The molecule has 3 N–H and O–H groups in total. The van der Waals surface area contributed by atoms with Gasteiger partial charge in [-0.1, -0.05) is 0 Å². The molecule has 2 aromatic rings. The van der Waals surface area contributed by atoms with Crippen LogP contribution in [0.2, 0.25) is 0 Å². The molecule has 0 saturated heterocycles. The molecule has 3 nitrogen and oxygen atoms in total. The van der Waals surface area contributed by atoms with Gasteiger partial charge in [-0.15, -0.1) is 0 Å². The number of pyridine rings is 1. The molecule has 0 unspecified atom stereocenters. The van der Waals surface area contributed by atoms with Gasteiger partial charge in [0.25, 0.3) is 0 Å². The van der Waals surface area contributed by atoms with Crippen LogP contribution in [0.15, 0.2) is 30.5 Å². The minimum atomic E-state index is 0.410. The highest BCUT2D eigenvalue weighted by Crippen LogP contribution is 2.23. The second kappa shape index (κ2) is 3.77. The van der Waals surface area contributed by atoms with Crippen LogP contribution in [-0.4, -0.2) is 11.0 Å². The average molecular weight is 201 g/mol. The Morgan fingerprint density at radius 3 is 2.80 bits per heavy atom. The molecule has 0 aliphatic rings. The minimum absolute atomic E-state index is 0.410. The van der Waals surface area contributed by atoms with E-state index in [0.717, 1.165) is 22.3 Å². The van der Waals surface area contributed by atoms with Crippen molar-refractivity contribution in [2.24, 2.45) is 0 Å². The zero-order valence-electron chi connectivity index (χ0n) is 8.99. The van der Waals surface area contributed by atoms with Crippen molar-refractivity contribution >= 4 is 22.3 Å². The Balaban J connectivity index is 2.56. The van der Waals surface area contributed by atoms with Crippen LogP contribution in [0.4, 0.5) is 11.4 Å². The second-order valence-corrected chi connectivity index (χ2v) is 3.93. The highest BCUT2D eigenvalue weighted by molar-refractivity contribution is 5.92. The summed E-state index contributed by atoms with van der Waals surface area (Å²) in [4.78, 5) is 4.29. The van der Waals surface area contributed by atoms with Crippen molar-refractivity contribution in [1.29, 1.82) is 0 Å². The summed E-state index contributed by atoms with van der Waals surface area (Å²) in [6, 6.07) is 8.19. The molecule has 0 radical (unpaired) electrons. The summed E-state index contributed by atoms with van der Waals surface area (Å²) in [5, 5.41) is 4.50. The smallest absolute Gasteiger partial charge is 0.0743 e. The van der Waals surface area contributed by atoms with Gasteiger partial charge >= 0.3 is 0 Å². The van der Waals surface area contributed by atoms with Crippen LogP contribution in [-0.2, 0) is 0 Å². The van der Waals surface area contributed by atoms with E-state index in [-0.39, 0.29) is 0 Å². The van der Waals surface area contributed by atoms with Gasteiger partial charge in [-0.05, 0) is 38.1 Å². The topological polar surface area (TPSA) is 50.9 Å². The lowest BCUT2D eigenvalue weighted by Crippen LogP contribution is -2.10. The molecule has 78 valence electrons. The van der Waals surface area contributed by atoms with Gasteiger partial charge in [-0.2, -0.15) is 0 Å². The molecule has 0 atom stereocenters. The van der Waals surface area contributed by atoms with Crippen LogP contribution in [0.3, 0.4) is 0 Å². The third kappa shape index (κ3) is 2.01. The van der Waals surface area contributed by atoms with Crippen LogP contribution >= 0.6 is 0 Å². The number of aromatic nitrogens is 1. The molecule has 0 spiro atoms. The molecule has 0 amide bonds. The van der Waals surface area contributed by atoms with Crippen LogP contribution in [0.5, 0.6) is 0 Å². The Labute approximate surface area is 89.3 Å². The first-order chi connectivity index (χ1) is 7.16. The first-order valence-corrected chi connectivity index (χ1v) is 5.07. The molecule has 1 heterocycles. The van der Waals surface area contributed by atoms with Gasteiger partial charge in [-0.3, -0.25) is 4.98 Å². The Morgan fingerprint density at radius 1 is 1.27 bits per heavy atom. The van der Waals surface area contributed by atoms with E-state index < -0.39 is 0 Å². The lowest BCUT2D eigenvalue weighted by Gasteiger charge is -2.12. The average Bonchev–Trinajstić information content (AvgIpc) is 2.16. The number of nitrogen functional groups attached to an aromatic ring is 1. The van der Waals surface area contributed by atoms with Gasteiger partial charge in [-0.25, -0.2) is 0 Å². The predicted molar refractivity (Wildman–Crippen MR) is 64.9 cm³/mol. The third-order valence-corrected chi connectivity index (χ3v) is 2.21. The Kier molecular flexibility index (Phi) is 2.46. The van der Waals surface area contributed by atoms with Crippen molar-refractivity contribution in [3.05, 3.63) is 30.5 Å². The van der Waals surface area contributed by atoms with E-state index in [1.165, 1.54) is 0 Å². The van der Waals surface area contributed by atoms with Crippen molar-refractivity contribution in [2.75, 3.05) is 11.1 Å². The Bertz CT molecular complexity index is 477. The van der Waals surface area contributed by atoms with E-state index in [4.69, 9.17) is 5.73 Å². The fourth-order valence-corrected chi connectivity index (χ4v) is 1.60. The van der Waals surface area contributed by atoms with E-state index in [1.807, 2.05) is 24.3 Å².